The van der Waals surface area contributed by atoms with Gasteiger partial charge in [0, 0.05) is 38.7 Å². The molecule has 0 fully saturated rings. The molecule has 0 saturated carbocycles. The van der Waals surface area contributed by atoms with Crippen LogP contribution in [0.3, 0.4) is 0 Å². The van der Waals surface area contributed by atoms with Crippen LogP contribution in [0.2, 0.25) is 0 Å². The van der Waals surface area contributed by atoms with E-state index in [9.17, 15) is 0 Å². The number of nitrogens with zero attached hydrogens (tertiary/aromatic N) is 2. The summed E-state index contributed by atoms with van der Waals surface area (Å²) in [6, 6.07) is 108. The fourth-order valence-electron chi connectivity index (χ4n) is 13.8. The minimum absolute atomic E-state index is 0.203. The van der Waals surface area contributed by atoms with Crippen molar-refractivity contribution in [1.29, 1.82) is 0 Å². The smallest absolute Gasteiger partial charge is 0.0720 e. The predicted octanol–water partition coefficient (Wildman–Crippen LogP) is 19.9. The first-order valence-electron chi connectivity index (χ1n) is 27.3. The van der Waals surface area contributed by atoms with Crippen LogP contribution in [-0.2, 0) is 10.8 Å². The van der Waals surface area contributed by atoms with Gasteiger partial charge in [-0.3, -0.25) is 0 Å². The van der Waals surface area contributed by atoms with E-state index in [-0.39, 0.29) is 5.41 Å². The van der Waals surface area contributed by atoms with E-state index in [1.165, 1.54) is 94.1 Å². The van der Waals surface area contributed by atoms with Crippen LogP contribution in [0.15, 0.2) is 291 Å². The highest BCUT2D eigenvalue weighted by atomic mass is 15.1. The molecule has 1 spiro atoms. The molecule has 15 rings (SSSR count). The van der Waals surface area contributed by atoms with Gasteiger partial charge in [-0.15, -0.1) is 0 Å². The summed E-state index contributed by atoms with van der Waals surface area (Å²) in [7, 11) is 0. The number of fused-ring (bicyclic) bond motifs is 12. The van der Waals surface area contributed by atoms with Crippen LogP contribution in [0.5, 0.6) is 0 Å². The lowest BCUT2D eigenvalue weighted by atomic mass is 9.55. The quantitative estimate of drug-likeness (QED) is 0.147. The molecular weight excluding hydrogens is 941 g/mol. The summed E-state index contributed by atoms with van der Waals surface area (Å²) in [5.41, 5.74) is 26.0. The summed E-state index contributed by atoms with van der Waals surface area (Å²) in [5.74, 6) is 0. The number of benzene rings is 12. The molecule has 0 bridgehead atoms. The van der Waals surface area contributed by atoms with Crippen molar-refractivity contribution < 1.29 is 0 Å². The van der Waals surface area contributed by atoms with Crippen molar-refractivity contribution in [3.8, 4) is 61.3 Å². The number of para-hydroxylation sites is 3. The molecule has 12 aromatic carbocycles. The Hall–Kier alpha value is -9.76. The van der Waals surface area contributed by atoms with Gasteiger partial charge in [0.2, 0.25) is 0 Å². The van der Waals surface area contributed by atoms with Gasteiger partial charge in [-0.2, -0.15) is 0 Å². The number of rotatable bonds is 8. The second-order valence-corrected chi connectivity index (χ2v) is 21.5. The van der Waals surface area contributed by atoms with Gasteiger partial charge < -0.3 is 9.47 Å². The maximum Gasteiger partial charge on any atom is 0.0720 e. The summed E-state index contributed by atoms with van der Waals surface area (Å²) in [5, 5.41) is 2.46. The summed E-state index contributed by atoms with van der Waals surface area (Å²) < 4.78 is 2.39. The van der Waals surface area contributed by atoms with Crippen molar-refractivity contribution in [3.63, 3.8) is 0 Å². The minimum atomic E-state index is -0.556. The Morgan fingerprint density at radius 2 is 0.769 bits per heavy atom. The number of anilines is 3. The monoisotopic (exact) mass is 994 g/mol. The number of hydrogen-bond acceptors (Lipinski definition) is 1. The molecule has 0 saturated heterocycles. The van der Waals surface area contributed by atoms with Gasteiger partial charge in [0.1, 0.15) is 0 Å². The molecular formula is C76H54N2. The Kier molecular flexibility index (Phi) is 10.5. The maximum atomic E-state index is 2.57. The van der Waals surface area contributed by atoms with Gasteiger partial charge in [0.15, 0.2) is 0 Å². The molecule has 2 nitrogen and oxygen atoms in total. The molecule has 2 aliphatic rings. The molecule has 0 radical (unpaired) electrons. The van der Waals surface area contributed by atoms with Crippen molar-refractivity contribution in [2.75, 3.05) is 4.90 Å². The van der Waals surface area contributed by atoms with Gasteiger partial charge in [0.05, 0.1) is 27.8 Å². The molecule has 0 atom stereocenters. The minimum Gasteiger partial charge on any atom is -0.309 e. The summed E-state index contributed by atoms with van der Waals surface area (Å²) >= 11 is 0. The molecule has 2 heteroatoms. The average molecular weight is 995 g/mol. The third kappa shape index (κ3) is 6.76. The first-order valence-corrected chi connectivity index (χ1v) is 27.3. The topological polar surface area (TPSA) is 8.17 Å². The Morgan fingerprint density at radius 1 is 0.295 bits per heavy atom. The maximum absolute atomic E-state index is 2.57. The SMILES string of the molecule is CC1(C)c2ccccc2C2(c3ccccc3-c3c(N(c4cccc(-c5ccc6c(c5)c5ccccc5n6-c5ccccc5)c4)c4ccccc4-c4ccccc4-c4ccccc4-c4ccccc4)cccc32)c2ccccc21. The van der Waals surface area contributed by atoms with Gasteiger partial charge >= 0.3 is 0 Å². The van der Waals surface area contributed by atoms with Gasteiger partial charge in [-0.1, -0.05) is 250 Å². The van der Waals surface area contributed by atoms with E-state index >= 15 is 0 Å². The second-order valence-electron chi connectivity index (χ2n) is 21.5. The largest absolute Gasteiger partial charge is 0.309 e. The van der Waals surface area contributed by atoms with Crippen molar-refractivity contribution >= 4 is 38.9 Å². The normalized spacial score (nSPS) is 13.5. The third-order valence-corrected chi connectivity index (χ3v) is 17.1. The fraction of sp³-hybridized carbons (Fsp3) is 0.0526. The van der Waals surface area contributed by atoms with Crippen LogP contribution in [0.25, 0.3) is 83.1 Å². The number of hydrogen-bond donors (Lipinski definition) is 0. The van der Waals surface area contributed by atoms with Crippen LogP contribution in [-0.4, -0.2) is 4.57 Å². The molecule has 2 aliphatic carbocycles. The van der Waals surface area contributed by atoms with Crippen LogP contribution in [0, 0.1) is 0 Å². The fourth-order valence-corrected chi connectivity index (χ4v) is 13.8. The van der Waals surface area contributed by atoms with Crippen LogP contribution in [0.4, 0.5) is 17.1 Å². The van der Waals surface area contributed by atoms with E-state index in [0.29, 0.717) is 0 Å². The average Bonchev–Trinajstić information content (AvgIpc) is 4.22. The van der Waals surface area contributed by atoms with Crippen molar-refractivity contribution in [2.45, 2.75) is 24.7 Å². The predicted molar refractivity (Wildman–Crippen MR) is 327 cm³/mol. The van der Waals surface area contributed by atoms with Crippen LogP contribution >= 0.6 is 0 Å². The molecule has 0 unspecified atom stereocenters. The van der Waals surface area contributed by atoms with E-state index < -0.39 is 5.41 Å². The van der Waals surface area contributed by atoms with E-state index in [0.717, 1.165) is 39.4 Å². The highest BCUT2D eigenvalue weighted by Crippen LogP contribution is 2.64. The molecule has 78 heavy (non-hydrogen) atoms. The second kappa shape index (κ2) is 17.9. The molecule has 13 aromatic rings. The third-order valence-electron chi connectivity index (χ3n) is 17.1. The van der Waals surface area contributed by atoms with Crippen molar-refractivity contribution in [2.24, 2.45) is 0 Å². The van der Waals surface area contributed by atoms with E-state index in [2.05, 4.69) is 315 Å². The summed E-state index contributed by atoms with van der Waals surface area (Å²) in [6.07, 6.45) is 0. The first-order chi connectivity index (χ1) is 38.5. The lowest BCUT2D eigenvalue weighted by Crippen LogP contribution is -2.40. The zero-order chi connectivity index (χ0) is 52.0. The molecule has 0 amide bonds. The van der Waals surface area contributed by atoms with Gasteiger partial charge in [-0.25, -0.2) is 0 Å². The van der Waals surface area contributed by atoms with Gasteiger partial charge in [0.25, 0.3) is 0 Å². The van der Waals surface area contributed by atoms with Gasteiger partial charge in [-0.05, 0) is 132 Å². The van der Waals surface area contributed by atoms with E-state index in [1.54, 1.807) is 0 Å². The highest BCUT2D eigenvalue weighted by Gasteiger charge is 2.54. The molecule has 368 valence electrons. The van der Waals surface area contributed by atoms with Crippen LogP contribution in [0.1, 0.15) is 47.2 Å². The Labute approximate surface area is 456 Å². The van der Waals surface area contributed by atoms with Crippen molar-refractivity contribution in [3.05, 3.63) is 325 Å². The Morgan fingerprint density at radius 3 is 1.49 bits per heavy atom. The standard InChI is InChI=1S/C76H54N2/c1-75(2)65-39-17-19-41-67(65)76(68-42-20-18-40-66(68)75)64-38-16-13-37-62(64)74-69(76)43-24-46-73(74)78(70-44-21-14-35-60(70)59-34-12-11-33-58(59)57-32-10-9-31-56(57)51-25-5-3-6-26-51)55-30-23-27-52(49-55)53-47-48-72-63(50-53)61-36-15-22-45-71(61)77(72)54-28-7-4-8-29-54/h3-50H,1-2H3. The molecule has 1 heterocycles. The molecule has 0 N–H and O–H groups in total. The lowest BCUT2D eigenvalue weighted by molar-refractivity contribution is 0.563. The lowest BCUT2D eigenvalue weighted by Gasteiger charge is -2.46. The molecule has 1 aromatic heterocycles. The Bertz CT molecular complexity index is 4430. The first kappa shape index (κ1) is 45.6. The Balaban J connectivity index is 0.993. The summed E-state index contributed by atoms with van der Waals surface area (Å²) in [4.78, 5) is 2.57. The van der Waals surface area contributed by atoms with E-state index in [4.69, 9.17) is 0 Å². The zero-order valence-corrected chi connectivity index (χ0v) is 43.6. The van der Waals surface area contributed by atoms with Crippen LogP contribution < -0.4 is 4.90 Å². The highest BCUT2D eigenvalue weighted by molar-refractivity contribution is 6.11. The van der Waals surface area contributed by atoms with Crippen molar-refractivity contribution in [1.82, 2.24) is 4.57 Å². The summed E-state index contributed by atoms with van der Waals surface area (Å²) in [6.45, 7) is 4.80. The van der Waals surface area contributed by atoms with E-state index in [1.807, 2.05) is 0 Å². The molecule has 0 aliphatic heterocycles. The number of aromatic nitrogens is 1. The zero-order valence-electron chi connectivity index (χ0n) is 43.6.